The first-order valence-corrected chi connectivity index (χ1v) is 14.3. The minimum Gasteiger partial charge on any atom is -0.387 e. The van der Waals surface area contributed by atoms with Gasteiger partial charge in [0, 0.05) is 55.2 Å². The highest BCUT2D eigenvalue weighted by Gasteiger charge is 2.47. The molecule has 0 spiro atoms. The number of alkyl halides is 2. The van der Waals surface area contributed by atoms with Crippen molar-refractivity contribution in [2.45, 2.75) is 96.6 Å². The molecule has 0 bridgehead atoms. The maximum Gasteiger partial charge on any atom is 0.249 e. The van der Waals surface area contributed by atoms with Crippen LogP contribution in [0.4, 0.5) is 8.78 Å². The number of carbonyl (C=O) groups is 1. The molecule has 34 heavy (non-hydrogen) atoms. The second kappa shape index (κ2) is 14.9. The Morgan fingerprint density at radius 3 is 2.59 bits per heavy atom. The van der Waals surface area contributed by atoms with Gasteiger partial charge in [-0.05, 0) is 45.9 Å². The number of hydrogen-bond acceptors (Lipinski definition) is 7. The summed E-state index contributed by atoms with van der Waals surface area (Å²) in [6, 6.07) is 0.685. The number of nitrogens with one attached hydrogen (secondary N) is 1. The summed E-state index contributed by atoms with van der Waals surface area (Å²) in [7, 11) is 0. The molecule has 1 aromatic heterocycles. The SMILES string of the molecule is CC=O.CCN1CCc2sc(C3CC(F)(F)C3)nc2C1.CSC(C)=N/C=C/NC1CCCCC1. The summed E-state index contributed by atoms with van der Waals surface area (Å²) in [5, 5.41) is 5.45. The van der Waals surface area contributed by atoms with Crippen LogP contribution in [0.15, 0.2) is 17.4 Å². The molecule has 5 nitrogen and oxygen atoms in total. The molecule has 0 aromatic carbocycles. The Labute approximate surface area is 211 Å². The lowest BCUT2D eigenvalue weighted by Gasteiger charge is -2.33. The highest BCUT2D eigenvalue weighted by molar-refractivity contribution is 8.13. The first-order valence-electron chi connectivity index (χ1n) is 12.3. The molecule has 192 valence electrons. The van der Waals surface area contributed by atoms with Crippen LogP contribution in [0.5, 0.6) is 0 Å². The molecule has 9 heteroatoms. The number of nitrogens with zero attached hydrogens (tertiary/aromatic N) is 3. The Morgan fingerprint density at radius 2 is 2.00 bits per heavy atom. The van der Waals surface area contributed by atoms with Gasteiger partial charge < -0.3 is 10.1 Å². The van der Waals surface area contributed by atoms with E-state index in [1.54, 1.807) is 23.1 Å². The van der Waals surface area contributed by atoms with E-state index in [1.165, 1.54) is 43.9 Å². The maximum atomic E-state index is 12.8. The lowest BCUT2D eigenvalue weighted by molar-refractivity contribution is -0.106. The molecule has 1 N–H and O–H groups in total. The van der Waals surface area contributed by atoms with Gasteiger partial charge in [-0.1, -0.05) is 26.2 Å². The standard InChI is InChI=1S/C12H16F2N2S.C11H20N2S.C2H4O/c1-2-16-4-3-10-9(7-16)15-11(17-10)8-5-12(13,14)6-8;1-10(14-2)12-8-9-13-11-6-4-3-5-7-11;1-2-3/h8H,2-7H2,1H3;8-9,11,13H,3-7H2,1-2H3;2H,1H3/b;9-8+,12-10?;. The predicted molar refractivity (Wildman–Crippen MR) is 141 cm³/mol. The van der Waals surface area contributed by atoms with Gasteiger partial charge in [-0.3, -0.25) is 9.89 Å². The van der Waals surface area contributed by atoms with Crippen LogP contribution >= 0.6 is 23.1 Å². The van der Waals surface area contributed by atoms with Crippen LogP contribution in [0.2, 0.25) is 0 Å². The van der Waals surface area contributed by atoms with Crippen LogP contribution in [0.25, 0.3) is 0 Å². The molecule has 4 rings (SSSR count). The molecule has 1 aromatic rings. The number of aldehydes is 1. The van der Waals surface area contributed by atoms with Crippen molar-refractivity contribution in [2.75, 3.05) is 19.3 Å². The average Bonchev–Trinajstić information content (AvgIpc) is 3.24. The molecule has 2 aliphatic carbocycles. The zero-order valence-corrected chi connectivity index (χ0v) is 22.6. The van der Waals surface area contributed by atoms with Crippen molar-refractivity contribution in [3.05, 3.63) is 28.0 Å². The molecule has 0 radical (unpaired) electrons. The number of halogens is 2. The Balaban J connectivity index is 0.000000220. The molecular weight excluding hydrogens is 474 g/mol. The molecule has 2 fully saturated rings. The summed E-state index contributed by atoms with van der Waals surface area (Å²) in [4.78, 5) is 21.3. The monoisotopic (exact) mass is 514 g/mol. The van der Waals surface area contributed by atoms with E-state index >= 15 is 0 Å². The molecule has 0 saturated heterocycles. The number of fused-ring (bicyclic) bond motifs is 1. The zero-order valence-electron chi connectivity index (χ0n) is 21.0. The van der Waals surface area contributed by atoms with Gasteiger partial charge in [-0.15, -0.1) is 23.1 Å². The fourth-order valence-electron chi connectivity index (χ4n) is 4.20. The molecule has 3 aliphatic rings. The van der Waals surface area contributed by atoms with Crippen LogP contribution in [0.1, 0.15) is 87.2 Å². The van der Waals surface area contributed by atoms with E-state index in [2.05, 4.69) is 27.1 Å². The van der Waals surface area contributed by atoms with E-state index < -0.39 is 5.92 Å². The minimum absolute atomic E-state index is 0.00309. The highest BCUT2D eigenvalue weighted by Crippen LogP contribution is 2.49. The van der Waals surface area contributed by atoms with Gasteiger partial charge in [0.15, 0.2) is 0 Å². The van der Waals surface area contributed by atoms with Gasteiger partial charge in [0.25, 0.3) is 0 Å². The number of thiazole rings is 1. The third-order valence-corrected chi connectivity index (χ3v) is 8.29. The number of hydrogen-bond donors (Lipinski definition) is 1. The lowest BCUT2D eigenvalue weighted by atomic mass is 9.82. The van der Waals surface area contributed by atoms with E-state index in [1.807, 2.05) is 25.6 Å². The number of aliphatic imine (C=N–C) groups is 1. The van der Waals surface area contributed by atoms with E-state index in [0.29, 0.717) is 6.04 Å². The summed E-state index contributed by atoms with van der Waals surface area (Å²) < 4.78 is 25.7. The summed E-state index contributed by atoms with van der Waals surface area (Å²) in [5.41, 5.74) is 1.13. The number of carbonyl (C=O) groups excluding carboxylic acids is 1. The van der Waals surface area contributed by atoms with Gasteiger partial charge in [-0.2, -0.15) is 0 Å². The third kappa shape index (κ3) is 9.74. The summed E-state index contributed by atoms with van der Waals surface area (Å²) in [6.07, 6.45) is 14.4. The lowest BCUT2D eigenvalue weighted by Crippen LogP contribution is -2.33. The van der Waals surface area contributed by atoms with Gasteiger partial charge in [-0.25, -0.2) is 13.8 Å². The number of aromatic nitrogens is 1. The van der Waals surface area contributed by atoms with Crippen molar-refractivity contribution in [3.8, 4) is 0 Å². The van der Waals surface area contributed by atoms with Crippen molar-refractivity contribution < 1.29 is 13.6 Å². The van der Waals surface area contributed by atoms with E-state index in [-0.39, 0.29) is 18.8 Å². The number of rotatable bonds is 5. The number of likely N-dealkylation sites (N-methyl/N-ethyl adjacent to an activating group) is 1. The second-order valence-corrected chi connectivity index (χ2v) is 11.0. The first-order chi connectivity index (χ1) is 16.3. The van der Waals surface area contributed by atoms with Gasteiger partial charge in [0.2, 0.25) is 5.92 Å². The van der Waals surface area contributed by atoms with Gasteiger partial charge in [0.1, 0.15) is 6.29 Å². The molecule has 1 aliphatic heterocycles. The Hall–Kier alpha value is -1.32. The maximum absolute atomic E-state index is 12.8. The quantitative estimate of drug-likeness (QED) is 0.280. The largest absolute Gasteiger partial charge is 0.387 e. The van der Waals surface area contributed by atoms with Crippen LogP contribution in [0.3, 0.4) is 0 Å². The van der Waals surface area contributed by atoms with Crippen molar-refractivity contribution in [3.63, 3.8) is 0 Å². The molecule has 0 amide bonds. The normalized spacial score (nSPS) is 20.9. The fraction of sp³-hybridized carbons (Fsp3) is 0.720. The van der Waals surface area contributed by atoms with Crippen molar-refractivity contribution in [2.24, 2.45) is 4.99 Å². The summed E-state index contributed by atoms with van der Waals surface area (Å²) in [5.74, 6) is -2.43. The average molecular weight is 515 g/mol. The van der Waals surface area contributed by atoms with Crippen LogP contribution in [-0.4, -0.2) is 52.5 Å². The summed E-state index contributed by atoms with van der Waals surface area (Å²) >= 11 is 3.34. The van der Waals surface area contributed by atoms with Crippen LogP contribution in [-0.2, 0) is 17.8 Å². The number of thioether (sulfide) groups is 1. The second-order valence-electron chi connectivity index (χ2n) is 8.91. The van der Waals surface area contributed by atoms with E-state index in [9.17, 15) is 8.78 Å². The smallest absolute Gasteiger partial charge is 0.249 e. The van der Waals surface area contributed by atoms with Crippen molar-refractivity contribution in [1.29, 1.82) is 0 Å². The van der Waals surface area contributed by atoms with Crippen molar-refractivity contribution in [1.82, 2.24) is 15.2 Å². The Morgan fingerprint density at radius 1 is 1.32 bits per heavy atom. The van der Waals surface area contributed by atoms with Gasteiger partial charge in [0.05, 0.1) is 15.7 Å². The van der Waals surface area contributed by atoms with Crippen molar-refractivity contribution >= 4 is 34.4 Å². The van der Waals surface area contributed by atoms with E-state index in [0.717, 1.165) is 48.1 Å². The molecular formula is C25H40F2N4OS2. The zero-order chi connectivity index (χ0) is 25.0. The Kier molecular flexibility index (Phi) is 12.7. The first kappa shape index (κ1) is 28.9. The van der Waals surface area contributed by atoms with Crippen LogP contribution < -0.4 is 5.32 Å². The topological polar surface area (TPSA) is 57.6 Å². The Bertz CT molecular complexity index is 799. The van der Waals surface area contributed by atoms with E-state index in [4.69, 9.17) is 4.79 Å². The highest BCUT2D eigenvalue weighted by atomic mass is 32.2. The molecule has 2 heterocycles. The molecule has 0 atom stereocenters. The third-order valence-electron chi connectivity index (χ3n) is 6.27. The fourth-order valence-corrected chi connectivity index (χ4v) is 5.53. The summed E-state index contributed by atoms with van der Waals surface area (Å²) in [6.45, 7) is 8.62. The predicted octanol–water partition coefficient (Wildman–Crippen LogP) is 6.40. The minimum atomic E-state index is -2.44. The molecule has 2 saturated carbocycles. The molecule has 0 unspecified atom stereocenters. The van der Waals surface area contributed by atoms with Crippen LogP contribution in [0, 0.1) is 0 Å². The van der Waals surface area contributed by atoms with Gasteiger partial charge >= 0.3 is 0 Å².